The number of hydrogen-bond donors (Lipinski definition) is 3. The maximum Gasteiger partial charge on any atom is 0.305 e. The molecule has 1 amide bonds. The molecule has 0 aromatic rings. The molecule has 13 heavy (non-hydrogen) atoms. The van der Waals surface area contributed by atoms with Crippen LogP contribution in [0.25, 0.3) is 0 Å². The zero-order chi connectivity index (χ0) is 10.4. The predicted molar refractivity (Wildman–Crippen MR) is 48.1 cm³/mol. The summed E-state index contributed by atoms with van der Waals surface area (Å²) >= 11 is 0. The topological polar surface area (TPSA) is 92.4 Å². The largest absolute Gasteiger partial charge is 0.481 e. The average molecular weight is 188 g/mol. The summed E-state index contributed by atoms with van der Waals surface area (Å²) < 4.78 is 0. The Hall–Kier alpha value is -1.10. The summed E-state index contributed by atoms with van der Waals surface area (Å²) in [5.41, 5.74) is 5.31. The van der Waals surface area contributed by atoms with Crippen molar-refractivity contribution >= 4 is 11.9 Å². The minimum Gasteiger partial charge on any atom is -0.481 e. The molecule has 0 aliphatic carbocycles. The fraction of sp³-hybridized carbons (Fsp3) is 0.750. The van der Waals surface area contributed by atoms with Crippen LogP contribution in [0, 0.1) is 0 Å². The smallest absolute Gasteiger partial charge is 0.305 e. The normalized spacial score (nSPS) is 14.7. The second-order valence-corrected chi connectivity index (χ2v) is 3.00. The SMILES string of the molecule is CCC(CC(=O)O)NC(=O)[C@H](C)N. The first-order valence-corrected chi connectivity index (χ1v) is 4.25. The monoisotopic (exact) mass is 188 g/mol. The van der Waals surface area contributed by atoms with Crippen LogP contribution in [-0.2, 0) is 9.59 Å². The van der Waals surface area contributed by atoms with Gasteiger partial charge in [-0.1, -0.05) is 6.92 Å². The minimum absolute atomic E-state index is 0.0606. The van der Waals surface area contributed by atoms with E-state index in [-0.39, 0.29) is 18.4 Å². The summed E-state index contributed by atoms with van der Waals surface area (Å²) in [6, 6.07) is -0.918. The lowest BCUT2D eigenvalue weighted by Gasteiger charge is -2.16. The number of rotatable bonds is 5. The molecule has 0 saturated carbocycles. The summed E-state index contributed by atoms with van der Waals surface area (Å²) in [5.74, 6) is -1.23. The number of nitrogens with one attached hydrogen (secondary N) is 1. The third kappa shape index (κ3) is 5.19. The Labute approximate surface area is 77.3 Å². The molecule has 0 aliphatic rings. The first-order chi connectivity index (χ1) is 5.97. The number of carbonyl (C=O) groups excluding carboxylic acids is 1. The van der Waals surface area contributed by atoms with Gasteiger partial charge in [-0.25, -0.2) is 0 Å². The van der Waals surface area contributed by atoms with Gasteiger partial charge in [0.05, 0.1) is 12.5 Å². The second-order valence-electron chi connectivity index (χ2n) is 3.00. The van der Waals surface area contributed by atoms with Gasteiger partial charge in [0.2, 0.25) is 5.91 Å². The van der Waals surface area contributed by atoms with Crippen LogP contribution in [0.3, 0.4) is 0 Å². The van der Waals surface area contributed by atoms with E-state index >= 15 is 0 Å². The van der Waals surface area contributed by atoms with E-state index in [4.69, 9.17) is 10.8 Å². The van der Waals surface area contributed by atoms with Gasteiger partial charge in [-0.2, -0.15) is 0 Å². The van der Waals surface area contributed by atoms with Gasteiger partial charge in [0, 0.05) is 6.04 Å². The summed E-state index contributed by atoms with van der Waals surface area (Å²) in [7, 11) is 0. The van der Waals surface area contributed by atoms with Crippen molar-refractivity contribution in [2.24, 2.45) is 5.73 Å². The van der Waals surface area contributed by atoms with E-state index in [1.807, 2.05) is 6.92 Å². The van der Waals surface area contributed by atoms with Crippen LogP contribution in [-0.4, -0.2) is 29.1 Å². The highest BCUT2D eigenvalue weighted by atomic mass is 16.4. The number of carbonyl (C=O) groups is 2. The average Bonchev–Trinajstić information content (AvgIpc) is 2.02. The maximum atomic E-state index is 11.1. The quantitative estimate of drug-likeness (QED) is 0.552. The van der Waals surface area contributed by atoms with Crippen molar-refractivity contribution in [2.45, 2.75) is 38.8 Å². The lowest BCUT2D eigenvalue weighted by molar-refractivity contribution is -0.137. The van der Waals surface area contributed by atoms with Gasteiger partial charge in [-0.3, -0.25) is 9.59 Å². The Morgan fingerprint density at radius 3 is 2.38 bits per heavy atom. The van der Waals surface area contributed by atoms with Crippen LogP contribution < -0.4 is 11.1 Å². The zero-order valence-electron chi connectivity index (χ0n) is 7.91. The molecule has 1 unspecified atom stereocenters. The first-order valence-electron chi connectivity index (χ1n) is 4.25. The number of hydrogen-bond acceptors (Lipinski definition) is 3. The molecular formula is C8H16N2O3. The molecule has 0 bridgehead atoms. The Morgan fingerprint density at radius 2 is 2.08 bits per heavy atom. The van der Waals surface area contributed by atoms with Gasteiger partial charge in [0.15, 0.2) is 0 Å². The van der Waals surface area contributed by atoms with Gasteiger partial charge in [-0.05, 0) is 13.3 Å². The van der Waals surface area contributed by atoms with Crippen LogP contribution in [0.4, 0.5) is 0 Å². The number of nitrogens with two attached hydrogens (primary N) is 1. The highest BCUT2D eigenvalue weighted by molar-refractivity contribution is 5.81. The van der Waals surface area contributed by atoms with Crippen molar-refractivity contribution < 1.29 is 14.7 Å². The van der Waals surface area contributed by atoms with Crippen molar-refractivity contribution in [2.75, 3.05) is 0 Å². The molecule has 0 spiro atoms. The van der Waals surface area contributed by atoms with E-state index in [9.17, 15) is 9.59 Å². The second kappa shape index (κ2) is 5.53. The lowest BCUT2D eigenvalue weighted by Crippen LogP contribution is -2.44. The molecule has 0 rings (SSSR count). The molecular weight excluding hydrogens is 172 g/mol. The summed E-state index contributed by atoms with van der Waals surface area (Å²) in [5, 5.41) is 11.0. The lowest BCUT2D eigenvalue weighted by atomic mass is 10.1. The Morgan fingerprint density at radius 1 is 1.54 bits per heavy atom. The van der Waals surface area contributed by atoms with Crippen molar-refractivity contribution in [1.82, 2.24) is 5.32 Å². The highest BCUT2D eigenvalue weighted by Gasteiger charge is 2.15. The van der Waals surface area contributed by atoms with Crippen molar-refractivity contribution in [3.8, 4) is 0 Å². The Bertz CT molecular complexity index is 192. The summed E-state index contributed by atoms with van der Waals surface area (Å²) in [6.45, 7) is 3.37. The number of aliphatic carboxylic acids is 1. The van der Waals surface area contributed by atoms with E-state index in [1.54, 1.807) is 6.92 Å². The fourth-order valence-corrected chi connectivity index (χ4v) is 0.841. The third-order valence-electron chi connectivity index (χ3n) is 1.67. The molecule has 0 aromatic heterocycles. The molecule has 4 N–H and O–H groups in total. The Balaban J connectivity index is 3.97. The van der Waals surface area contributed by atoms with Crippen molar-refractivity contribution in [3.05, 3.63) is 0 Å². The number of amides is 1. The van der Waals surface area contributed by atoms with E-state index in [1.165, 1.54) is 0 Å². The van der Waals surface area contributed by atoms with E-state index in [0.29, 0.717) is 6.42 Å². The maximum absolute atomic E-state index is 11.1. The molecule has 76 valence electrons. The molecule has 5 nitrogen and oxygen atoms in total. The molecule has 0 fully saturated rings. The van der Waals surface area contributed by atoms with Gasteiger partial charge < -0.3 is 16.2 Å². The van der Waals surface area contributed by atoms with Gasteiger partial charge in [-0.15, -0.1) is 0 Å². The van der Waals surface area contributed by atoms with Gasteiger partial charge in [0.1, 0.15) is 0 Å². The van der Waals surface area contributed by atoms with Crippen LogP contribution in [0.2, 0.25) is 0 Å². The number of carboxylic acid groups (broad SMARTS) is 1. The van der Waals surface area contributed by atoms with Gasteiger partial charge >= 0.3 is 5.97 Å². The highest BCUT2D eigenvalue weighted by Crippen LogP contribution is 1.97. The number of carboxylic acids is 1. The minimum atomic E-state index is -0.920. The zero-order valence-corrected chi connectivity index (χ0v) is 7.91. The molecule has 0 aliphatic heterocycles. The molecule has 0 saturated heterocycles. The molecule has 0 radical (unpaired) electrons. The van der Waals surface area contributed by atoms with Crippen LogP contribution in [0.1, 0.15) is 26.7 Å². The predicted octanol–water partition coefficient (Wildman–Crippen LogP) is -0.297. The standard InChI is InChI=1S/C8H16N2O3/c1-3-6(4-7(11)12)10-8(13)5(2)9/h5-6H,3-4,9H2,1-2H3,(H,10,13)(H,11,12)/t5-,6?/m0/s1. The molecule has 2 atom stereocenters. The molecule has 5 heteroatoms. The first kappa shape index (κ1) is 11.9. The van der Waals surface area contributed by atoms with E-state index < -0.39 is 12.0 Å². The van der Waals surface area contributed by atoms with Crippen LogP contribution in [0.15, 0.2) is 0 Å². The van der Waals surface area contributed by atoms with Crippen LogP contribution in [0.5, 0.6) is 0 Å². The molecule has 0 aromatic carbocycles. The van der Waals surface area contributed by atoms with Crippen molar-refractivity contribution in [3.63, 3.8) is 0 Å². The van der Waals surface area contributed by atoms with Crippen molar-refractivity contribution in [1.29, 1.82) is 0 Å². The van der Waals surface area contributed by atoms with E-state index in [2.05, 4.69) is 5.32 Å². The van der Waals surface area contributed by atoms with E-state index in [0.717, 1.165) is 0 Å². The van der Waals surface area contributed by atoms with Crippen LogP contribution >= 0.6 is 0 Å². The summed E-state index contributed by atoms with van der Waals surface area (Å²) in [6.07, 6.45) is 0.528. The molecule has 0 heterocycles. The third-order valence-corrected chi connectivity index (χ3v) is 1.67. The Kier molecular flexibility index (Phi) is 5.06. The summed E-state index contributed by atoms with van der Waals surface area (Å²) in [4.78, 5) is 21.4. The fourth-order valence-electron chi connectivity index (χ4n) is 0.841. The van der Waals surface area contributed by atoms with Gasteiger partial charge in [0.25, 0.3) is 0 Å².